The van der Waals surface area contributed by atoms with E-state index in [2.05, 4.69) is 19.9 Å². The molecule has 2 aromatic heterocycles. The van der Waals surface area contributed by atoms with Gasteiger partial charge in [-0.3, -0.25) is 0 Å². The molecule has 0 N–H and O–H groups in total. The molecule has 0 aliphatic rings. The second-order valence-corrected chi connectivity index (χ2v) is 3.75. The topological polar surface area (TPSA) is 51.6 Å². The predicted molar refractivity (Wildman–Crippen MR) is 64.1 cm³/mol. The molecule has 0 bridgehead atoms. The highest BCUT2D eigenvalue weighted by Gasteiger charge is 1.88. The summed E-state index contributed by atoms with van der Waals surface area (Å²) in [5, 5.41) is 1.09. The average molecular weight is 298 g/mol. The quantitative estimate of drug-likeness (QED) is 0.551. The van der Waals surface area contributed by atoms with E-state index in [1.54, 1.807) is 12.1 Å². The first-order valence-corrected chi connectivity index (χ1v) is 5.37. The first-order valence-electron chi connectivity index (χ1n) is 3.86. The van der Waals surface area contributed by atoms with Crippen molar-refractivity contribution in [1.29, 1.82) is 0 Å². The lowest BCUT2D eigenvalue weighted by molar-refractivity contribution is 1.17. The number of nitrogens with zero attached hydrogens (tertiary/aromatic N) is 4. The van der Waals surface area contributed by atoms with Crippen LogP contribution in [0.1, 0.15) is 0 Å². The van der Waals surface area contributed by atoms with Gasteiger partial charge in [0.05, 0.1) is 0 Å². The van der Waals surface area contributed by atoms with E-state index >= 15 is 0 Å². The van der Waals surface area contributed by atoms with E-state index in [1.807, 2.05) is 0 Å². The summed E-state index contributed by atoms with van der Waals surface area (Å²) in [7, 11) is 0. The minimum atomic E-state index is 0.178. The lowest BCUT2D eigenvalue weighted by Gasteiger charge is -1.85. The van der Waals surface area contributed by atoms with E-state index in [4.69, 9.17) is 46.4 Å². The maximum absolute atomic E-state index is 5.41. The van der Waals surface area contributed by atoms with E-state index in [0.717, 1.165) is 0 Å². The standard InChI is InChI=1S/2C4H2Cl2N2/c2*5-3-1-2-7-4(6)8-3/h2*1-2H. The molecule has 8 heteroatoms. The molecule has 2 rings (SSSR count). The van der Waals surface area contributed by atoms with Crippen LogP contribution in [0.4, 0.5) is 0 Å². The molecule has 0 spiro atoms. The van der Waals surface area contributed by atoms with Crippen LogP contribution in [0.15, 0.2) is 24.5 Å². The Morgan fingerprint density at radius 3 is 1.25 bits per heavy atom. The van der Waals surface area contributed by atoms with Gasteiger partial charge >= 0.3 is 0 Å². The Bertz CT molecular complexity index is 387. The van der Waals surface area contributed by atoms with Crippen LogP contribution in [0.25, 0.3) is 0 Å². The molecule has 2 heterocycles. The van der Waals surface area contributed by atoms with Crippen molar-refractivity contribution in [2.75, 3.05) is 0 Å². The van der Waals surface area contributed by atoms with Gasteiger partial charge in [-0.25, -0.2) is 19.9 Å². The first-order chi connectivity index (χ1) is 7.58. The van der Waals surface area contributed by atoms with Crippen LogP contribution in [-0.2, 0) is 0 Å². The third-order valence-corrected chi connectivity index (χ3v) is 1.97. The lowest BCUT2D eigenvalue weighted by atomic mass is 10.7. The van der Waals surface area contributed by atoms with Crippen LogP contribution < -0.4 is 0 Å². The minimum absolute atomic E-state index is 0.178. The third kappa shape index (κ3) is 5.42. The summed E-state index contributed by atoms with van der Waals surface area (Å²) in [6.45, 7) is 0. The number of rotatable bonds is 0. The second-order valence-electron chi connectivity index (χ2n) is 2.30. The summed E-state index contributed by atoms with van der Waals surface area (Å²) in [6.07, 6.45) is 3.00. The molecule has 0 saturated carbocycles. The Morgan fingerprint density at radius 1 is 0.688 bits per heavy atom. The fourth-order valence-corrected chi connectivity index (χ4v) is 1.28. The Morgan fingerprint density at radius 2 is 1.06 bits per heavy atom. The van der Waals surface area contributed by atoms with Gasteiger partial charge in [0.25, 0.3) is 0 Å². The van der Waals surface area contributed by atoms with Crippen LogP contribution >= 0.6 is 46.4 Å². The van der Waals surface area contributed by atoms with Crippen LogP contribution in [0.5, 0.6) is 0 Å². The van der Waals surface area contributed by atoms with Gasteiger partial charge in [-0.05, 0) is 35.3 Å². The molecule has 0 aromatic carbocycles. The van der Waals surface area contributed by atoms with Crippen molar-refractivity contribution in [2.45, 2.75) is 0 Å². The molecular weight excluding hydrogens is 294 g/mol. The van der Waals surface area contributed by atoms with Crippen LogP contribution in [0.2, 0.25) is 20.9 Å². The molecule has 0 aliphatic carbocycles. The summed E-state index contributed by atoms with van der Waals surface area (Å²) >= 11 is 21.5. The van der Waals surface area contributed by atoms with E-state index in [-0.39, 0.29) is 10.6 Å². The normalized spacial score (nSPS) is 9.25. The van der Waals surface area contributed by atoms with Crippen LogP contribution in [-0.4, -0.2) is 19.9 Å². The Kier molecular flexibility index (Phi) is 5.69. The zero-order chi connectivity index (χ0) is 12.0. The SMILES string of the molecule is Clc1ccnc(Cl)n1.Clc1ccnc(Cl)n1. The molecule has 4 nitrogen and oxygen atoms in total. The van der Waals surface area contributed by atoms with E-state index < -0.39 is 0 Å². The van der Waals surface area contributed by atoms with Crippen molar-refractivity contribution in [3.8, 4) is 0 Å². The van der Waals surface area contributed by atoms with Gasteiger partial charge in [0.1, 0.15) is 10.3 Å². The minimum Gasteiger partial charge on any atom is -0.226 e. The Labute approximate surface area is 112 Å². The maximum atomic E-state index is 5.41. The Hall–Kier alpha value is -0.680. The monoisotopic (exact) mass is 296 g/mol. The molecule has 0 aliphatic heterocycles. The first kappa shape index (κ1) is 13.4. The summed E-state index contributed by atoms with van der Waals surface area (Å²) in [4.78, 5) is 14.4. The molecule has 2 aromatic rings. The van der Waals surface area contributed by atoms with Gasteiger partial charge in [-0.1, -0.05) is 23.2 Å². The van der Waals surface area contributed by atoms with E-state index in [1.165, 1.54) is 12.4 Å². The maximum Gasteiger partial charge on any atom is 0.223 e. The second kappa shape index (κ2) is 6.81. The predicted octanol–water partition coefficient (Wildman–Crippen LogP) is 3.57. The highest BCUT2D eigenvalue weighted by atomic mass is 35.5. The van der Waals surface area contributed by atoms with Crippen molar-refractivity contribution in [3.63, 3.8) is 0 Å². The zero-order valence-electron chi connectivity index (χ0n) is 7.61. The molecule has 0 saturated heterocycles. The van der Waals surface area contributed by atoms with Crippen molar-refractivity contribution in [2.24, 2.45) is 0 Å². The molecular formula is C8H4Cl4N4. The van der Waals surface area contributed by atoms with Crippen molar-refractivity contribution in [1.82, 2.24) is 19.9 Å². The van der Waals surface area contributed by atoms with Gasteiger partial charge in [0, 0.05) is 12.4 Å². The van der Waals surface area contributed by atoms with Gasteiger partial charge < -0.3 is 0 Å². The third-order valence-electron chi connectivity index (χ3n) is 1.18. The fraction of sp³-hybridized carbons (Fsp3) is 0. The highest BCUT2D eigenvalue weighted by Crippen LogP contribution is 2.05. The van der Waals surface area contributed by atoms with E-state index in [9.17, 15) is 0 Å². The number of hydrogen-bond acceptors (Lipinski definition) is 4. The van der Waals surface area contributed by atoms with Gasteiger partial charge in [0.2, 0.25) is 10.6 Å². The lowest BCUT2D eigenvalue weighted by Crippen LogP contribution is -1.77. The van der Waals surface area contributed by atoms with Crippen molar-refractivity contribution in [3.05, 3.63) is 45.4 Å². The zero-order valence-corrected chi connectivity index (χ0v) is 10.6. The number of hydrogen-bond donors (Lipinski definition) is 0. The summed E-state index contributed by atoms with van der Waals surface area (Å²) in [5.74, 6) is 0. The largest absolute Gasteiger partial charge is 0.226 e. The van der Waals surface area contributed by atoms with E-state index in [0.29, 0.717) is 10.3 Å². The van der Waals surface area contributed by atoms with Gasteiger partial charge in [0.15, 0.2) is 0 Å². The van der Waals surface area contributed by atoms with Gasteiger partial charge in [-0.2, -0.15) is 0 Å². The Balaban J connectivity index is 0.000000160. The van der Waals surface area contributed by atoms with Gasteiger partial charge in [-0.15, -0.1) is 0 Å². The van der Waals surface area contributed by atoms with Crippen molar-refractivity contribution >= 4 is 46.4 Å². The highest BCUT2D eigenvalue weighted by molar-refractivity contribution is 6.32. The summed E-state index contributed by atoms with van der Waals surface area (Å²) in [5.41, 5.74) is 0. The molecule has 16 heavy (non-hydrogen) atoms. The average Bonchev–Trinajstić information content (AvgIpc) is 2.17. The molecule has 0 radical (unpaired) electrons. The number of halogens is 4. The smallest absolute Gasteiger partial charge is 0.223 e. The molecule has 0 unspecified atom stereocenters. The molecule has 84 valence electrons. The molecule has 0 fully saturated rings. The summed E-state index contributed by atoms with van der Waals surface area (Å²) in [6, 6.07) is 3.13. The summed E-state index contributed by atoms with van der Waals surface area (Å²) < 4.78 is 0. The van der Waals surface area contributed by atoms with Crippen molar-refractivity contribution < 1.29 is 0 Å². The molecule has 0 amide bonds. The fourth-order valence-electron chi connectivity index (χ4n) is 0.629. The van der Waals surface area contributed by atoms with Crippen LogP contribution in [0.3, 0.4) is 0 Å². The number of aromatic nitrogens is 4. The van der Waals surface area contributed by atoms with Crippen LogP contribution in [0, 0.1) is 0 Å². The molecule has 0 atom stereocenters.